The molecule has 0 aliphatic rings. The topological polar surface area (TPSA) is 24.9 Å². The van der Waals surface area contributed by atoms with Gasteiger partial charge < -0.3 is 5.32 Å². The van der Waals surface area contributed by atoms with Gasteiger partial charge in [0, 0.05) is 18.4 Å². The molecule has 0 saturated carbocycles. The molecule has 2 nitrogen and oxygen atoms in total. The van der Waals surface area contributed by atoms with Gasteiger partial charge in [0.15, 0.2) is 0 Å². The van der Waals surface area contributed by atoms with Gasteiger partial charge in [0.25, 0.3) is 0 Å². The lowest BCUT2D eigenvalue weighted by atomic mass is 9.99. The Hall–Kier alpha value is -1.45. The molecule has 0 aliphatic heterocycles. The first-order valence-corrected chi connectivity index (χ1v) is 7.16. The summed E-state index contributed by atoms with van der Waals surface area (Å²) in [6, 6.07) is 9.10. The highest BCUT2D eigenvalue weighted by Gasteiger charge is 2.15. The minimum absolute atomic E-state index is 0.0610. The van der Waals surface area contributed by atoms with Crippen molar-refractivity contribution < 1.29 is 4.39 Å². The van der Waals surface area contributed by atoms with Crippen molar-refractivity contribution >= 4 is 11.6 Å². The van der Waals surface area contributed by atoms with Crippen LogP contribution in [0.25, 0.3) is 0 Å². The molecule has 0 amide bonds. The fraction of sp³-hybridized carbons (Fsp3) is 0.312. The Morgan fingerprint density at radius 2 is 2.00 bits per heavy atom. The van der Waals surface area contributed by atoms with Crippen LogP contribution in [0.2, 0.25) is 5.02 Å². The maximum absolute atomic E-state index is 14.0. The van der Waals surface area contributed by atoms with Crippen molar-refractivity contribution in [3.05, 3.63) is 64.7 Å². The fourth-order valence-corrected chi connectivity index (χ4v) is 2.34. The van der Waals surface area contributed by atoms with Crippen LogP contribution < -0.4 is 5.32 Å². The number of halogens is 2. The van der Waals surface area contributed by atoms with Crippen molar-refractivity contribution in [3.63, 3.8) is 0 Å². The lowest BCUT2D eigenvalue weighted by Crippen LogP contribution is -2.24. The zero-order valence-electron chi connectivity index (χ0n) is 11.4. The highest BCUT2D eigenvalue weighted by atomic mass is 35.5. The molecule has 0 aliphatic carbocycles. The Morgan fingerprint density at radius 3 is 2.70 bits per heavy atom. The summed E-state index contributed by atoms with van der Waals surface area (Å²) in [6.07, 6.45) is 5.10. The molecular formula is C16H18ClFN2. The SMILES string of the molecule is CCCNC(Cc1cccc(Cl)c1F)c1ccncc1. The second-order valence-corrected chi connectivity index (χ2v) is 5.11. The summed E-state index contributed by atoms with van der Waals surface area (Å²) in [6.45, 7) is 2.99. The summed E-state index contributed by atoms with van der Waals surface area (Å²) >= 11 is 5.84. The number of rotatable bonds is 6. The van der Waals surface area contributed by atoms with E-state index in [1.165, 1.54) is 0 Å². The second kappa shape index (κ2) is 7.36. The third kappa shape index (κ3) is 3.78. The second-order valence-electron chi connectivity index (χ2n) is 4.70. The molecule has 1 atom stereocenters. The molecule has 1 aromatic heterocycles. The fourth-order valence-electron chi connectivity index (χ4n) is 2.15. The van der Waals surface area contributed by atoms with E-state index in [1.807, 2.05) is 12.1 Å². The van der Waals surface area contributed by atoms with E-state index in [9.17, 15) is 4.39 Å². The van der Waals surface area contributed by atoms with Gasteiger partial charge in [0.2, 0.25) is 0 Å². The Morgan fingerprint density at radius 1 is 1.25 bits per heavy atom. The lowest BCUT2D eigenvalue weighted by molar-refractivity contribution is 0.513. The van der Waals surface area contributed by atoms with Crippen molar-refractivity contribution in [1.82, 2.24) is 10.3 Å². The van der Waals surface area contributed by atoms with Gasteiger partial charge in [0.05, 0.1) is 5.02 Å². The van der Waals surface area contributed by atoms with E-state index >= 15 is 0 Å². The predicted molar refractivity (Wildman–Crippen MR) is 80.4 cm³/mol. The van der Waals surface area contributed by atoms with Gasteiger partial charge >= 0.3 is 0 Å². The van der Waals surface area contributed by atoms with Gasteiger partial charge in [-0.05, 0) is 48.7 Å². The molecule has 0 saturated heterocycles. The first-order valence-electron chi connectivity index (χ1n) is 6.78. The summed E-state index contributed by atoms with van der Waals surface area (Å²) in [4.78, 5) is 4.02. The molecule has 20 heavy (non-hydrogen) atoms. The number of hydrogen-bond donors (Lipinski definition) is 1. The van der Waals surface area contributed by atoms with Crippen molar-refractivity contribution in [1.29, 1.82) is 0 Å². The molecule has 0 radical (unpaired) electrons. The van der Waals surface area contributed by atoms with Crippen molar-refractivity contribution in [2.45, 2.75) is 25.8 Å². The zero-order chi connectivity index (χ0) is 14.4. The summed E-state index contributed by atoms with van der Waals surface area (Å²) in [5.41, 5.74) is 1.73. The van der Waals surface area contributed by atoms with Crippen LogP contribution >= 0.6 is 11.6 Å². The first-order chi connectivity index (χ1) is 9.72. The van der Waals surface area contributed by atoms with E-state index in [0.717, 1.165) is 18.5 Å². The number of nitrogens with one attached hydrogen (secondary N) is 1. The smallest absolute Gasteiger partial charge is 0.145 e. The normalized spacial score (nSPS) is 12.3. The molecular weight excluding hydrogens is 275 g/mol. The van der Waals surface area contributed by atoms with E-state index in [4.69, 9.17) is 11.6 Å². The summed E-state index contributed by atoms with van der Waals surface area (Å²) in [7, 11) is 0. The Balaban J connectivity index is 2.21. The van der Waals surface area contributed by atoms with Crippen LogP contribution in [0.15, 0.2) is 42.7 Å². The van der Waals surface area contributed by atoms with E-state index < -0.39 is 0 Å². The first kappa shape index (κ1) is 14.9. The van der Waals surface area contributed by atoms with Crippen LogP contribution in [0.4, 0.5) is 4.39 Å². The molecule has 1 unspecified atom stereocenters. The van der Waals surface area contributed by atoms with Crippen LogP contribution in [-0.2, 0) is 6.42 Å². The summed E-state index contributed by atoms with van der Waals surface area (Å²) < 4.78 is 14.0. The number of hydrogen-bond acceptors (Lipinski definition) is 2. The predicted octanol–water partition coefficient (Wildman–Crippen LogP) is 4.16. The Bertz CT molecular complexity index is 545. The molecule has 0 spiro atoms. The third-order valence-electron chi connectivity index (χ3n) is 3.20. The van der Waals surface area contributed by atoms with Crippen molar-refractivity contribution in [3.8, 4) is 0 Å². The molecule has 106 valence electrons. The number of nitrogens with zero attached hydrogens (tertiary/aromatic N) is 1. The monoisotopic (exact) mass is 292 g/mol. The standard InChI is InChI=1S/C16H18ClFN2/c1-2-8-20-15(12-6-9-19-10-7-12)11-13-4-3-5-14(17)16(13)18/h3-7,9-10,15,20H,2,8,11H2,1H3. The van der Waals surface area contributed by atoms with Crippen LogP contribution in [-0.4, -0.2) is 11.5 Å². The summed E-state index contributed by atoms with van der Waals surface area (Å²) in [5, 5.41) is 3.62. The molecule has 2 rings (SSSR count). The highest BCUT2D eigenvalue weighted by Crippen LogP contribution is 2.23. The summed E-state index contributed by atoms with van der Waals surface area (Å²) in [5.74, 6) is -0.327. The zero-order valence-corrected chi connectivity index (χ0v) is 12.2. The molecule has 1 aromatic carbocycles. The molecule has 4 heteroatoms. The maximum atomic E-state index is 14.0. The van der Waals surface area contributed by atoms with Gasteiger partial charge in [-0.3, -0.25) is 4.98 Å². The van der Waals surface area contributed by atoms with Gasteiger partial charge in [0.1, 0.15) is 5.82 Å². The van der Waals surface area contributed by atoms with Crippen LogP contribution in [0.5, 0.6) is 0 Å². The highest BCUT2D eigenvalue weighted by molar-refractivity contribution is 6.30. The van der Waals surface area contributed by atoms with E-state index in [-0.39, 0.29) is 16.9 Å². The molecule has 1 N–H and O–H groups in total. The largest absolute Gasteiger partial charge is 0.310 e. The molecule has 0 bridgehead atoms. The van der Waals surface area contributed by atoms with Crippen LogP contribution in [0.3, 0.4) is 0 Å². The number of benzene rings is 1. The average molecular weight is 293 g/mol. The van der Waals surface area contributed by atoms with E-state index in [1.54, 1.807) is 30.6 Å². The quantitative estimate of drug-likeness (QED) is 0.865. The molecule has 1 heterocycles. The average Bonchev–Trinajstić information content (AvgIpc) is 2.48. The van der Waals surface area contributed by atoms with E-state index in [2.05, 4.69) is 17.2 Å². The minimum atomic E-state index is -0.327. The van der Waals surface area contributed by atoms with E-state index in [0.29, 0.717) is 12.0 Å². The minimum Gasteiger partial charge on any atom is -0.310 e. The van der Waals surface area contributed by atoms with Gasteiger partial charge in [-0.2, -0.15) is 0 Å². The van der Waals surface area contributed by atoms with Crippen LogP contribution in [0, 0.1) is 5.82 Å². The number of pyridine rings is 1. The van der Waals surface area contributed by atoms with Gasteiger partial charge in [-0.1, -0.05) is 30.7 Å². The lowest BCUT2D eigenvalue weighted by Gasteiger charge is -2.19. The van der Waals surface area contributed by atoms with Crippen molar-refractivity contribution in [2.24, 2.45) is 0 Å². The molecule has 0 fully saturated rings. The molecule has 2 aromatic rings. The Kier molecular flexibility index (Phi) is 5.50. The third-order valence-corrected chi connectivity index (χ3v) is 3.50. The maximum Gasteiger partial charge on any atom is 0.145 e. The van der Waals surface area contributed by atoms with Crippen LogP contribution in [0.1, 0.15) is 30.5 Å². The van der Waals surface area contributed by atoms with Gasteiger partial charge in [-0.25, -0.2) is 4.39 Å². The Labute approximate surface area is 124 Å². The van der Waals surface area contributed by atoms with Gasteiger partial charge in [-0.15, -0.1) is 0 Å². The van der Waals surface area contributed by atoms with Crippen molar-refractivity contribution in [2.75, 3.05) is 6.54 Å². The number of aromatic nitrogens is 1.